The molecule has 0 atom stereocenters. The summed E-state index contributed by atoms with van der Waals surface area (Å²) in [4.78, 5) is 8.52. The Morgan fingerprint density at radius 3 is 2.59 bits per heavy atom. The highest BCUT2D eigenvalue weighted by Gasteiger charge is 2.08. The minimum atomic E-state index is 0.343. The maximum Gasteiger partial charge on any atom is 0.213 e. The summed E-state index contributed by atoms with van der Waals surface area (Å²) in [6.07, 6.45) is 1.75. The van der Waals surface area contributed by atoms with Gasteiger partial charge >= 0.3 is 0 Å². The van der Waals surface area contributed by atoms with E-state index in [-0.39, 0.29) is 0 Å². The number of guanidine groups is 1. The van der Waals surface area contributed by atoms with Gasteiger partial charge in [-0.05, 0) is 23.1 Å². The lowest BCUT2D eigenvalue weighted by Crippen LogP contribution is -2.36. The molecule has 7 nitrogen and oxygen atoms in total. The van der Waals surface area contributed by atoms with E-state index in [2.05, 4.69) is 39.6 Å². The van der Waals surface area contributed by atoms with E-state index in [1.165, 1.54) is 0 Å². The van der Waals surface area contributed by atoms with Gasteiger partial charge in [-0.3, -0.25) is 4.99 Å². The minimum absolute atomic E-state index is 0.343. The fourth-order valence-corrected chi connectivity index (χ4v) is 2.63. The quantitative estimate of drug-likeness (QED) is 0.449. The van der Waals surface area contributed by atoms with Gasteiger partial charge in [-0.25, -0.2) is 4.98 Å². The van der Waals surface area contributed by atoms with E-state index in [9.17, 15) is 0 Å². The summed E-state index contributed by atoms with van der Waals surface area (Å²) in [5.74, 6) is 2.39. The van der Waals surface area contributed by atoms with Gasteiger partial charge in [0.05, 0.1) is 12.2 Å². The molecule has 2 heterocycles. The van der Waals surface area contributed by atoms with Crippen LogP contribution in [-0.2, 0) is 19.7 Å². The van der Waals surface area contributed by atoms with Crippen molar-refractivity contribution in [2.24, 2.45) is 4.99 Å². The van der Waals surface area contributed by atoms with Crippen molar-refractivity contribution in [1.82, 2.24) is 20.8 Å². The van der Waals surface area contributed by atoms with Crippen molar-refractivity contribution < 1.29 is 9.26 Å². The molecule has 2 N–H and O–H groups in total. The number of ether oxygens (including phenoxy) is 1. The van der Waals surface area contributed by atoms with E-state index < -0.39 is 0 Å². The summed E-state index contributed by atoms with van der Waals surface area (Å²) in [6, 6.07) is 15.9. The van der Waals surface area contributed by atoms with Crippen molar-refractivity contribution in [2.75, 3.05) is 7.05 Å². The summed E-state index contributed by atoms with van der Waals surface area (Å²) in [5, 5.41) is 10.6. The summed E-state index contributed by atoms with van der Waals surface area (Å²) in [6.45, 7) is 5.77. The van der Waals surface area contributed by atoms with Crippen LogP contribution in [0.1, 0.15) is 42.3 Å². The maximum absolute atomic E-state index is 5.79. The number of rotatable bonds is 8. The van der Waals surface area contributed by atoms with Gasteiger partial charge < -0.3 is 19.9 Å². The number of pyridine rings is 1. The predicted molar refractivity (Wildman–Crippen MR) is 113 cm³/mol. The number of nitrogens with one attached hydrogen (secondary N) is 2. The molecule has 152 valence electrons. The predicted octanol–water partition coefficient (Wildman–Crippen LogP) is 3.64. The van der Waals surface area contributed by atoms with Crippen molar-refractivity contribution in [3.05, 3.63) is 77.3 Å². The lowest BCUT2D eigenvalue weighted by atomic mass is 10.1. The molecule has 0 aliphatic rings. The first-order valence-corrected chi connectivity index (χ1v) is 9.65. The monoisotopic (exact) mass is 393 g/mol. The normalized spacial score (nSPS) is 11.5. The van der Waals surface area contributed by atoms with Gasteiger partial charge in [0.15, 0.2) is 11.7 Å². The molecular weight excluding hydrogens is 366 g/mol. The Kier molecular flexibility index (Phi) is 7.22. The molecule has 0 unspecified atom stereocenters. The average molecular weight is 393 g/mol. The molecule has 0 saturated heterocycles. The molecular formula is C22H27N5O2. The van der Waals surface area contributed by atoms with Gasteiger partial charge in [-0.2, -0.15) is 0 Å². The van der Waals surface area contributed by atoms with Crippen LogP contribution >= 0.6 is 0 Å². The Hall–Kier alpha value is -3.35. The molecule has 3 rings (SSSR count). The van der Waals surface area contributed by atoms with E-state index in [1.807, 2.05) is 48.5 Å². The van der Waals surface area contributed by atoms with Crippen molar-refractivity contribution in [3.63, 3.8) is 0 Å². The van der Waals surface area contributed by atoms with Crippen LogP contribution in [0.3, 0.4) is 0 Å². The third-order valence-electron chi connectivity index (χ3n) is 4.31. The minimum Gasteiger partial charge on any atom is -0.473 e. The van der Waals surface area contributed by atoms with Gasteiger partial charge in [-0.15, -0.1) is 0 Å². The van der Waals surface area contributed by atoms with Crippen molar-refractivity contribution in [3.8, 4) is 5.88 Å². The molecule has 1 aromatic carbocycles. The van der Waals surface area contributed by atoms with Crippen molar-refractivity contribution in [1.29, 1.82) is 0 Å². The van der Waals surface area contributed by atoms with E-state index in [1.54, 1.807) is 13.2 Å². The molecule has 0 aliphatic heterocycles. The summed E-state index contributed by atoms with van der Waals surface area (Å²) in [7, 11) is 1.73. The summed E-state index contributed by atoms with van der Waals surface area (Å²) < 4.78 is 11.1. The van der Waals surface area contributed by atoms with Gasteiger partial charge in [0.25, 0.3) is 0 Å². The van der Waals surface area contributed by atoms with Crippen molar-refractivity contribution >= 4 is 5.96 Å². The molecule has 0 radical (unpaired) electrons. The zero-order valence-corrected chi connectivity index (χ0v) is 17.1. The number of nitrogens with zero attached hydrogens (tertiary/aromatic N) is 3. The number of hydrogen-bond donors (Lipinski definition) is 2. The number of aliphatic imine (C=N–C) groups is 1. The van der Waals surface area contributed by atoms with Crippen LogP contribution in [-0.4, -0.2) is 23.1 Å². The Balaban J connectivity index is 1.48. The second-order valence-corrected chi connectivity index (χ2v) is 6.93. The Morgan fingerprint density at radius 2 is 1.86 bits per heavy atom. The summed E-state index contributed by atoms with van der Waals surface area (Å²) in [5.41, 5.74) is 3.10. The molecule has 0 saturated carbocycles. The van der Waals surface area contributed by atoms with Crippen LogP contribution in [0.5, 0.6) is 5.88 Å². The van der Waals surface area contributed by atoms with Crippen LogP contribution in [0.2, 0.25) is 0 Å². The van der Waals surface area contributed by atoms with Crippen LogP contribution < -0.4 is 15.4 Å². The lowest BCUT2D eigenvalue weighted by molar-refractivity contribution is 0.293. The molecule has 0 amide bonds. The van der Waals surface area contributed by atoms with Crippen LogP contribution in [0.4, 0.5) is 0 Å². The zero-order chi connectivity index (χ0) is 20.5. The number of benzene rings is 1. The van der Waals surface area contributed by atoms with E-state index in [4.69, 9.17) is 9.26 Å². The van der Waals surface area contributed by atoms with Gasteiger partial charge in [-0.1, -0.05) is 49.3 Å². The standard InChI is InChI=1S/C22H27N5O2/c1-16(2)20-12-19(29-27-20)14-26-22(23-3)25-13-18-9-10-24-21(11-18)28-15-17-7-5-4-6-8-17/h4-12,16H,13-15H2,1-3H3,(H2,23,25,26). The number of hydrogen-bond acceptors (Lipinski definition) is 5. The van der Waals surface area contributed by atoms with E-state index in [0.717, 1.165) is 22.6 Å². The van der Waals surface area contributed by atoms with E-state index in [0.29, 0.717) is 37.5 Å². The van der Waals surface area contributed by atoms with Crippen LogP contribution in [0.25, 0.3) is 0 Å². The van der Waals surface area contributed by atoms with Gasteiger partial charge in [0, 0.05) is 31.9 Å². The largest absolute Gasteiger partial charge is 0.473 e. The zero-order valence-electron chi connectivity index (χ0n) is 17.1. The molecule has 0 bridgehead atoms. The Morgan fingerprint density at radius 1 is 1.07 bits per heavy atom. The molecule has 2 aromatic heterocycles. The Bertz CT molecular complexity index is 922. The first kappa shape index (κ1) is 20.4. The average Bonchev–Trinajstić information content (AvgIpc) is 3.23. The second-order valence-electron chi connectivity index (χ2n) is 6.93. The fraction of sp³-hybridized carbons (Fsp3) is 0.318. The van der Waals surface area contributed by atoms with E-state index >= 15 is 0 Å². The third-order valence-corrected chi connectivity index (χ3v) is 4.31. The molecule has 0 fully saturated rings. The fourth-order valence-electron chi connectivity index (χ4n) is 2.63. The molecule has 0 aliphatic carbocycles. The first-order chi connectivity index (χ1) is 14.1. The number of aromatic nitrogens is 2. The summed E-state index contributed by atoms with van der Waals surface area (Å²) >= 11 is 0. The topological polar surface area (TPSA) is 84.6 Å². The molecule has 3 aromatic rings. The van der Waals surface area contributed by atoms with Crippen LogP contribution in [0, 0.1) is 0 Å². The second kappa shape index (κ2) is 10.3. The highest BCUT2D eigenvalue weighted by atomic mass is 16.5. The molecule has 0 spiro atoms. The van der Waals surface area contributed by atoms with Crippen molar-refractivity contribution in [2.45, 2.75) is 39.5 Å². The van der Waals surface area contributed by atoms with Gasteiger partial charge in [0.2, 0.25) is 5.88 Å². The van der Waals surface area contributed by atoms with Gasteiger partial charge in [0.1, 0.15) is 6.61 Å². The SMILES string of the molecule is CN=C(NCc1ccnc(OCc2ccccc2)c1)NCc1cc(C(C)C)no1. The molecule has 29 heavy (non-hydrogen) atoms. The highest BCUT2D eigenvalue weighted by molar-refractivity contribution is 5.79. The lowest BCUT2D eigenvalue weighted by Gasteiger charge is -2.11. The highest BCUT2D eigenvalue weighted by Crippen LogP contribution is 2.14. The maximum atomic E-state index is 5.79. The third kappa shape index (κ3) is 6.34. The first-order valence-electron chi connectivity index (χ1n) is 9.65. The Labute approximate surface area is 171 Å². The van der Waals surface area contributed by atoms with Crippen LogP contribution in [0.15, 0.2) is 64.2 Å². The smallest absolute Gasteiger partial charge is 0.213 e. The molecule has 7 heteroatoms.